The smallest absolute Gasteiger partial charge is 0.119 e. The van der Waals surface area contributed by atoms with E-state index in [1.54, 1.807) is 0 Å². The number of unbranched alkanes of at least 4 members (excludes halogenated alkanes) is 54. The molecular formula is C69H135NO4S. The minimum Gasteiger partial charge on any atom is -0.748 e. The Hall–Kier alpha value is -0.950. The van der Waals surface area contributed by atoms with E-state index in [1.807, 2.05) is 0 Å². The molecule has 446 valence electrons. The molecule has 0 radical (unpaired) electrons. The Morgan fingerprint density at radius 3 is 0.627 bits per heavy atom. The number of hydrogen-bond acceptors (Lipinski definition) is 4. The van der Waals surface area contributed by atoms with Crippen molar-refractivity contribution in [3.63, 3.8) is 0 Å². The normalized spacial score (nSPS) is 13.0. The van der Waals surface area contributed by atoms with Crippen molar-refractivity contribution in [2.75, 3.05) is 12.3 Å². The summed E-state index contributed by atoms with van der Waals surface area (Å²) in [5.74, 6) is -0.750. The third-order valence-electron chi connectivity index (χ3n) is 16.2. The Balaban J connectivity index is 4.91. The van der Waals surface area contributed by atoms with Gasteiger partial charge in [0.25, 0.3) is 0 Å². The molecule has 0 bridgehead atoms. The predicted octanol–water partition coefficient (Wildman–Crippen LogP) is 23.5. The summed E-state index contributed by atoms with van der Waals surface area (Å²) in [6, 6.07) is 0. The molecule has 0 aromatic rings. The molecular weight excluding hydrogens is 939 g/mol. The largest absolute Gasteiger partial charge is 0.748 e. The summed E-state index contributed by atoms with van der Waals surface area (Å²) >= 11 is 0. The summed E-state index contributed by atoms with van der Waals surface area (Å²) < 4.78 is 35.7. The van der Waals surface area contributed by atoms with Crippen LogP contribution in [-0.2, 0) is 10.1 Å². The molecule has 0 aromatic carbocycles. The quantitative estimate of drug-likeness (QED) is 0.0374. The maximum atomic E-state index is 11.8. The summed E-state index contributed by atoms with van der Waals surface area (Å²) in [6.07, 6.45) is 88.8. The van der Waals surface area contributed by atoms with Gasteiger partial charge in [-0.15, -0.1) is 0 Å². The van der Waals surface area contributed by atoms with Crippen molar-refractivity contribution >= 4 is 10.1 Å². The van der Waals surface area contributed by atoms with E-state index in [0.29, 0.717) is 0 Å². The molecule has 75 heavy (non-hydrogen) atoms. The molecule has 0 aliphatic heterocycles. The lowest BCUT2D eigenvalue weighted by atomic mass is 10.0. The number of aliphatic hydroxyl groups excluding tert-OH is 1. The number of aliphatic hydroxyl groups is 1. The summed E-state index contributed by atoms with van der Waals surface area (Å²) in [7, 11) is -4.54. The molecule has 1 N–H and O–H groups in total. The Morgan fingerprint density at radius 1 is 0.307 bits per heavy atom. The Labute approximate surface area is 472 Å². The number of rotatable bonds is 64. The highest BCUT2D eigenvalue weighted by Crippen LogP contribution is 2.22. The highest BCUT2D eigenvalue weighted by atomic mass is 32.2. The van der Waals surface area contributed by atoms with E-state index in [-0.39, 0.29) is 11.0 Å². The van der Waals surface area contributed by atoms with Gasteiger partial charge in [0.05, 0.1) is 15.9 Å². The third kappa shape index (κ3) is 60.5. The van der Waals surface area contributed by atoms with Crippen molar-refractivity contribution in [3.05, 3.63) is 36.8 Å². The lowest BCUT2D eigenvalue weighted by Crippen LogP contribution is -2.41. The fourth-order valence-electron chi connectivity index (χ4n) is 11.3. The second-order valence-electron chi connectivity index (χ2n) is 24.1. The van der Waals surface area contributed by atoms with E-state index in [1.165, 1.54) is 327 Å². The molecule has 0 spiro atoms. The first-order chi connectivity index (χ1) is 36.8. The molecule has 5 nitrogen and oxygen atoms in total. The minimum absolute atomic E-state index is 0.155. The van der Waals surface area contributed by atoms with Crippen LogP contribution in [0.4, 0.5) is 0 Å². The van der Waals surface area contributed by atoms with Crippen LogP contribution in [-0.4, -0.2) is 41.0 Å². The highest BCUT2D eigenvalue weighted by Gasteiger charge is 2.25. The molecule has 0 saturated heterocycles. The average molecular weight is 1070 g/mol. The Bertz CT molecular complexity index is 1170. The van der Waals surface area contributed by atoms with Crippen molar-refractivity contribution in [1.29, 1.82) is 0 Å². The zero-order valence-electron chi connectivity index (χ0n) is 51.3. The van der Waals surface area contributed by atoms with Crippen LogP contribution < -0.4 is 0 Å². The maximum absolute atomic E-state index is 11.8. The fourth-order valence-corrected chi connectivity index (χ4v) is 11.9. The van der Waals surface area contributed by atoms with Crippen molar-refractivity contribution in [2.45, 2.75) is 393 Å². The fraction of sp³-hybridized carbons (Fsp3) is 0.913. The van der Waals surface area contributed by atoms with Crippen molar-refractivity contribution in [3.8, 4) is 0 Å². The van der Waals surface area contributed by atoms with Crippen LogP contribution in [0.3, 0.4) is 0 Å². The van der Waals surface area contributed by atoms with Crippen LogP contribution in [0.25, 0.3) is 0 Å². The SMILES string of the molecule is CCCCCCCCCCCCCCCCCCCC/C=C/[N+](/C=C/CCCCCCCCCCCCCCCCCCCC)(/C=C/CCCCCCCCCCCCCCCCCCCC)CC(O)CS(=O)(=O)[O-]. The molecule has 0 heterocycles. The monoisotopic (exact) mass is 1070 g/mol. The highest BCUT2D eigenvalue weighted by molar-refractivity contribution is 7.85. The summed E-state index contributed by atoms with van der Waals surface area (Å²) in [4.78, 5) is 0. The molecule has 0 saturated carbocycles. The number of allylic oxidation sites excluding steroid dienone is 3. The van der Waals surface area contributed by atoms with E-state index in [0.717, 1.165) is 38.5 Å². The van der Waals surface area contributed by atoms with Crippen molar-refractivity contribution in [1.82, 2.24) is 0 Å². The van der Waals surface area contributed by atoms with Gasteiger partial charge in [0.1, 0.15) is 31.2 Å². The van der Waals surface area contributed by atoms with Crippen molar-refractivity contribution < 1.29 is 22.6 Å². The van der Waals surface area contributed by atoms with Gasteiger partial charge in [0.15, 0.2) is 0 Å². The molecule has 0 aliphatic rings. The Morgan fingerprint density at radius 2 is 0.467 bits per heavy atom. The molecule has 6 heteroatoms. The van der Waals surface area contributed by atoms with Crippen LogP contribution >= 0.6 is 0 Å². The van der Waals surface area contributed by atoms with E-state index in [9.17, 15) is 18.1 Å². The molecule has 0 rings (SSSR count). The van der Waals surface area contributed by atoms with E-state index in [2.05, 4.69) is 57.6 Å². The van der Waals surface area contributed by atoms with Crippen LogP contribution in [0.5, 0.6) is 0 Å². The van der Waals surface area contributed by atoms with Gasteiger partial charge < -0.3 is 9.66 Å². The number of quaternary nitrogens is 1. The van der Waals surface area contributed by atoms with Gasteiger partial charge >= 0.3 is 0 Å². The summed E-state index contributed by atoms with van der Waals surface area (Å²) in [5, 5.41) is 11.0. The zero-order valence-corrected chi connectivity index (χ0v) is 52.1. The second-order valence-corrected chi connectivity index (χ2v) is 25.6. The van der Waals surface area contributed by atoms with Crippen LogP contribution in [0.1, 0.15) is 387 Å². The van der Waals surface area contributed by atoms with Gasteiger partial charge in [-0.1, -0.05) is 348 Å². The molecule has 0 amide bonds. The Kier molecular flexibility index (Phi) is 59.9. The maximum Gasteiger partial charge on any atom is 0.119 e. The third-order valence-corrected chi connectivity index (χ3v) is 17.0. The molecule has 0 aromatic heterocycles. The summed E-state index contributed by atoms with van der Waals surface area (Å²) in [6.45, 7) is 7.04. The van der Waals surface area contributed by atoms with Gasteiger partial charge in [-0.25, -0.2) is 12.9 Å². The van der Waals surface area contributed by atoms with Gasteiger partial charge in [0, 0.05) is 0 Å². The molecule has 1 atom stereocenters. The molecule has 0 fully saturated rings. The standard InChI is InChI=1S/C69H135NO4S/c1-4-7-10-13-16-19-22-25-28-31-34-37-40-43-46-49-52-55-58-61-64-70(67-69(71)68-75(72,73)74,65-62-59-56-53-50-47-44-41-38-35-32-29-26-23-20-17-14-11-8-5-2)66-63-60-57-54-51-48-45-42-39-36-33-30-27-24-21-18-15-12-9-6-3/h61-66,69,71H,4-60,67-68H2,1-3H3/b64-61+,65-62+,66-63+. The van der Waals surface area contributed by atoms with Crippen LogP contribution in [0.15, 0.2) is 36.8 Å². The average Bonchev–Trinajstić information content (AvgIpc) is 3.38. The first kappa shape index (κ1) is 74.0. The van der Waals surface area contributed by atoms with Gasteiger partial charge in [-0.05, 0) is 56.8 Å². The van der Waals surface area contributed by atoms with Crippen molar-refractivity contribution in [2.24, 2.45) is 0 Å². The van der Waals surface area contributed by atoms with Gasteiger partial charge in [0.2, 0.25) is 0 Å². The summed E-state index contributed by atoms with van der Waals surface area (Å²) in [5.41, 5.74) is 0. The first-order valence-electron chi connectivity index (χ1n) is 34.3. The van der Waals surface area contributed by atoms with Crippen LogP contribution in [0.2, 0.25) is 0 Å². The minimum atomic E-state index is -4.54. The van der Waals surface area contributed by atoms with E-state index >= 15 is 0 Å². The van der Waals surface area contributed by atoms with Gasteiger partial charge in [-0.3, -0.25) is 0 Å². The first-order valence-corrected chi connectivity index (χ1v) is 35.9. The van der Waals surface area contributed by atoms with E-state index < -0.39 is 22.0 Å². The topological polar surface area (TPSA) is 77.4 Å². The lowest BCUT2D eigenvalue weighted by Gasteiger charge is -2.29. The lowest BCUT2D eigenvalue weighted by molar-refractivity contribution is -0.777. The number of nitrogens with zero attached hydrogens (tertiary/aromatic N) is 1. The van der Waals surface area contributed by atoms with Crippen LogP contribution in [0, 0.1) is 0 Å². The second kappa shape index (κ2) is 60.7. The van der Waals surface area contributed by atoms with E-state index in [4.69, 9.17) is 0 Å². The molecule has 0 aliphatic carbocycles. The van der Waals surface area contributed by atoms with Gasteiger partial charge in [-0.2, -0.15) is 0 Å². The predicted molar refractivity (Wildman–Crippen MR) is 333 cm³/mol. The molecule has 1 unspecified atom stereocenters. The zero-order chi connectivity index (χ0) is 54.5. The number of hydrogen-bond donors (Lipinski definition) is 1.